The molecular formula is C19H34. The van der Waals surface area contributed by atoms with Crippen LogP contribution < -0.4 is 0 Å². The van der Waals surface area contributed by atoms with Gasteiger partial charge >= 0.3 is 0 Å². The molecule has 0 unspecified atom stereocenters. The zero-order valence-electron chi connectivity index (χ0n) is 13.2. The summed E-state index contributed by atoms with van der Waals surface area (Å²) in [5, 5.41) is 0. The molecule has 0 heterocycles. The summed E-state index contributed by atoms with van der Waals surface area (Å²) in [7, 11) is 0. The van der Waals surface area contributed by atoms with Gasteiger partial charge in [0.2, 0.25) is 0 Å². The molecule has 0 aromatic rings. The van der Waals surface area contributed by atoms with Crippen LogP contribution in [0.4, 0.5) is 0 Å². The molecule has 1 fully saturated rings. The van der Waals surface area contributed by atoms with E-state index in [1.54, 1.807) is 0 Å². The minimum atomic E-state index is 0.733. The van der Waals surface area contributed by atoms with E-state index in [9.17, 15) is 0 Å². The van der Waals surface area contributed by atoms with E-state index in [0.29, 0.717) is 0 Å². The zero-order valence-corrected chi connectivity index (χ0v) is 13.2. The third-order valence-corrected chi connectivity index (χ3v) is 4.32. The second-order valence-electron chi connectivity index (χ2n) is 6.23. The minimum absolute atomic E-state index is 0.733. The molecule has 0 bridgehead atoms. The Labute approximate surface area is 121 Å². The van der Waals surface area contributed by atoms with Crippen LogP contribution in [0.3, 0.4) is 0 Å². The predicted octanol–water partition coefficient (Wildman–Crippen LogP) is 6.49. The fraction of sp³-hybridized carbons (Fsp3) is 0.895. The maximum Gasteiger partial charge on any atom is 0.0202 e. The normalized spacial score (nSPS) is 16.7. The van der Waals surface area contributed by atoms with Crippen LogP contribution in [0.2, 0.25) is 0 Å². The van der Waals surface area contributed by atoms with E-state index < -0.39 is 0 Å². The smallest absolute Gasteiger partial charge is 0.0202 e. The van der Waals surface area contributed by atoms with Crippen LogP contribution in [0.15, 0.2) is 0 Å². The van der Waals surface area contributed by atoms with E-state index in [1.807, 2.05) is 0 Å². The van der Waals surface area contributed by atoms with Crippen LogP contribution in [0.1, 0.15) is 103 Å². The second kappa shape index (κ2) is 12.6. The van der Waals surface area contributed by atoms with Crippen molar-refractivity contribution in [2.24, 2.45) is 5.92 Å². The largest absolute Gasteiger partial charge is 0.103 e. The molecule has 0 heteroatoms. The summed E-state index contributed by atoms with van der Waals surface area (Å²) in [5.41, 5.74) is 0. The average Bonchev–Trinajstić information content (AvgIpc) is 2.69. The zero-order chi connectivity index (χ0) is 13.6. The number of unbranched alkanes of at least 4 members (excludes halogenated alkanes) is 8. The minimum Gasteiger partial charge on any atom is -0.103 e. The highest BCUT2D eigenvalue weighted by Gasteiger charge is 2.08. The van der Waals surface area contributed by atoms with Crippen LogP contribution in [0.5, 0.6) is 0 Å². The van der Waals surface area contributed by atoms with Gasteiger partial charge in [-0.1, -0.05) is 83.5 Å². The highest BCUT2D eigenvalue weighted by molar-refractivity contribution is 5.03. The maximum atomic E-state index is 3.53. The van der Waals surface area contributed by atoms with Gasteiger partial charge in [0.1, 0.15) is 0 Å². The van der Waals surface area contributed by atoms with Gasteiger partial charge in [0.25, 0.3) is 0 Å². The van der Waals surface area contributed by atoms with Gasteiger partial charge in [-0.25, -0.2) is 0 Å². The van der Waals surface area contributed by atoms with Crippen molar-refractivity contribution in [3.63, 3.8) is 0 Å². The lowest BCUT2D eigenvalue weighted by atomic mass is 10.0. The van der Waals surface area contributed by atoms with Gasteiger partial charge in [0.15, 0.2) is 0 Å². The van der Waals surface area contributed by atoms with Crippen molar-refractivity contribution < 1.29 is 0 Å². The second-order valence-corrected chi connectivity index (χ2v) is 6.23. The molecule has 1 aliphatic carbocycles. The third-order valence-electron chi connectivity index (χ3n) is 4.32. The summed E-state index contributed by atoms with van der Waals surface area (Å²) in [6.07, 6.45) is 20.8. The molecule has 0 radical (unpaired) electrons. The van der Waals surface area contributed by atoms with Crippen molar-refractivity contribution in [3.8, 4) is 11.8 Å². The molecule has 0 N–H and O–H groups in total. The first-order chi connectivity index (χ1) is 9.43. The molecule has 0 spiro atoms. The molecule has 19 heavy (non-hydrogen) atoms. The van der Waals surface area contributed by atoms with Crippen molar-refractivity contribution in [1.29, 1.82) is 0 Å². The Bertz CT molecular complexity index is 234. The van der Waals surface area contributed by atoms with E-state index in [0.717, 1.165) is 12.3 Å². The van der Waals surface area contributed by atoms with Crippen LogP contribution in [0, 0.1) is 17.8 Å². The van der Waals surface area contributed by atoms with E-state index in [-0.39, 0.29) is 0 Å². The highest BCUT2D eigenvalue weighted by atomic mass is 14.1. The number of rotatable bonds is 8. The lowest BCUT2D eigenvalue weighted by Gasteiger charge is -2.04. The first-order valence-corrected chi connectivity index (χ1v) is 8.92. The number of hydrogen-bond donors (Lipinski definition) is 0. The molecular weight excluding hydrogens is 228 g/mol. The summed E-state index contributed by atoms with van der Waals surface area (Å²) in [6.45, 7) is 2.28. The highest BCUT2D eigenvalue weighted by Crippen LogP contribution is 2.22. The lowest BCUT2D eigenvalue weighted by Crippen LogP contribution is -1.93. The predicted molar refractivity (Wildman–Crippen MR) is 86.2 cm³/mol. The molecule has 0 aromatic carbocycles. The molecule has 1 aliphatic rings. The summed E-state index contributed by atoms with van der Waals surface area (Å²) in [4.78, 5) is 0. The first kappa shape index (κ1) is 16.6. The molecule has 0 nitrogen and oxygen atoms in total. The standard InChI is InChI=1S/C19H34/c1-2-3-4-5-6-7-8-9-10-13-16-19-17-14-11-12-15-18-19/h19H,2-12,14-15,17-18H2,1H3. The van der Waals surface area contributed by atoms with Crippen molar-refractivity contribution in [2.45, 2.75) is 103 Å². The number of hydrogen-bond acceptors (Lipinski definition) is 0. The molecule has 0 aliphatic heterocycles. The molecule has 1 rings (SSSR count). The Hall–Kier alpha value is -0.440. The van der Waals surface area contributed by atoms with Crippen molar-refractivity contribution in [3.05, 3.63) is 0 Å². The fourth-order valence-corrected chi connectivity index (χ4v) is 2.99. The van der Waals surface area contributed by atoms with Crippen LogP contribution >= 0.6 is 0 Å². The van der Waals surface area contributed by atoms with Crippen LogP contribution in [-0.4, -0.2) is 0 Å². The molecule has 0 amide bonds. The van der Waals surface area contributed by atoms with Gasteiger partial charge in [-0.15, -0.1) is 5.92 Å². The lowest BCUT2D eigenvalue weighted by molar-refractivity contribution is 0.573. The van der Waals surface area contributed by atoms with Crippen LogP contribution in [-0.2, 0) is 0 Å². The fourth-order valence-electron chi connectivity index (χ4n) is 2.99. The SMILES string of the molecule is CCCCCCCCCCC#CC1CCCCCC1. The van der Waals surface area contributed by atoms with E-state index in [2.05, 4.69) is 18.8 Å². The first-order valence-electron chi connectivity index (χ1n) is 8.92. The van der Waals surface area contributed by atoms with Gasteiger partial charge in [-0.3, -0.25) is 0 Å². The topological polar surface area (TPSA) is 0 Å². The molecule has 0 atom stereocenters. The monoisotopic (exact) mass is 262 g/mol. The molecule has 1 saturated carbocycles. The van der Waals surface area contributed by atoms with E-state index >= 15 is 0 Å². The summed E-state index contributed by atoms with van der Waals surface area (Å²) in [5.74, 6) is 7.71. The van der Waals surface area contributed by atoms with Gasteiger partial charge in [0.05, 0.1) is 0 Å². The Morgan fingerprint density at radius 3 is 1.95 bits per heavy atom. The molecule has 0 saturated heterocycles. The van der Waals surface area contributed by atoms with Gasteiger partial charge in [-0.2, -0.15) is 0 Å². The summed E-state index contributed by atoms with van der Waals surface area (Å²) in [6, 6.07) is 0. The molecule has 0 aromatic heterocycles. The van der Waals surface area contributed by atoms with Gasteiger partial charge in [-0.05, 0) is 19.3 Å². The molecule has 110 valence electrons. The quantitative estimate of drug-likeness (QED) is 0.266. The van der Waals surface area contributed by atoms with Crippen LogP contribution in [0.25, 0.3) is 0 Å². The van der Waals surface area contributed by atoms with Crippen molar-refractivity contribution in [2.75, 3.05) is 0 Å². The Morgan fingerprint density at radius 2 is 1.32 bits per heavy atom. The van der Waals surface area contributed by atoms with E-state index in [1.165, 1.54) is 89.9 Å². The Kier molecular flexibility index (Phi) is 11.0. The third kappa shape index (κ3) is 10.1. The van der Waals surface area contributed by atoms with Gasteiger partial charge in [0, 0.05) is 12.3 Å². The average molecular weight is 262 g/mol. The van der Waals surface area contributed by atoms with Crippen molar-refractivity contribution >= 4 is 0 Å². The Balaban J connectivity index is 1.89. The van der Waals surface area contributed by atoms with E-state index in [4.69, 9.17) is 0 Å². The summed E-state index contributed by atoms with van der Waals surface area (Å²) >= 11 is 0. The Morgan fingerprint density at radius 1 is 0.737 bits per heavy atom. The van der Waals surface area contributed by atoms with Gasteiger partial charge < -0.3 is 0 Å². The summed E-state index contributed by atoms with van der Waals surface area (Å²) < 4.78 is 0. The maximum absolute atomic E-state index is 3.53. The van der Waals surface area contributed by atoms with Crippen molar-refractivity contribution in [1.82, 2.24) is 0 Å².